The highest BCUT2D eigenvalue weighted by Crippen LogP contribution is 2.21. The molecular weight excluding hydrogens is 322 g/mol. The second kappa shape index (κ2) is 7.89. The molecule has 0 aliphatic heterocycles. The van der Waals surface area contributed by atoms with Crippen molar-refractivity contribution in [2.24, 2.45) is 0 Å². The van der Waals surface area contributed by atoms with Gasteiger partial charge in [0.05, 0.1) is 11.0 Å². The number of hydrogen-bond donors (Lipinski definition) is 1. The van der Waals surface area contributed by atoms with Crippen LogP contribution >= 0.6 is 0 Å². The summed E-state index contributed by atoms with van der Waals surface area (Å²) in [6, 6.07) is 9.94. The first-order chi connectivity index (χ1) is 11.8. The van der Waals surface area contributed by atoms with E-state index in [2.05, 4.69) is 10.4 Å². The molecule has 25 heavy (non-hydrogen) atoms. The Balaban J connectivity index is 2.03. The molecule has 0 saturated carbocycles. The molecule has 0 bridgehead atoms. The maximum Gasteiger partial charge on any atom is 0.312 e. The minimum atomic E-state index is -0.469. The third-order valence-electron chi connectivity index (χ3n) is 4.12. The van der Waals surface area contributed by atoms with Crippen LogP contribution in [0.15, 0.2) is 30.3 Å². The van der Waals surface area contributed by atoms with Crippen molar-refractivity contribution in [3.8, 4) is 0 Å². The van der Waals surface area contributed by atoms with Crippen LogP contribution in [-0.4, -0.2) is 46.2 Å². The van der Waals surface area contributed by atoms with E-state index in [1.807, 2.05) is 49.3 Å². The van der Waals surface area contributed by atoms with Gasteiger partial charge in [-0.05, 0) is 33.5 Å². The van der Waals surface area contributed by atoms with Crippen LogP contribution in [0.5, 0.6) is 0 Å². The van der Waals surface area contributed by atoms with E-state index < -0.39 is 4.92 Å². The predicted octanol–water partition coefficient (Wildman–Crippen LogP) is 1.83. The van der Waals surface area contributed by atoms with E-state index in [0.29, 0.717) is 17.9 Å². The van der Waals surface area contributed by atoms with E-state index in [1.165, 1.54) is 4.68 Å². The van der Waals surface area contributed by atoms with Gasteiger partial charge in [0.25, 0.3) is 0 Å². The highest BCUT2D eigenvalue weighted by Gasteiger charge is 2.23. The lowest BCUT2D eigenvalue weighted by molar-refractivity contribution is -0.386. The molecule has 134 valence electrons. The topological polar surface area (TPSA) is 93.3 Å². The van der Waals surface area contributed by atoms with Crippen LogP contribution in [0.4, 0.5) is 5.69 Å². The van der Waals surface area contributed by atoms with E-state index in [9.17, 15) is 14.9 Å². The van der Waals surface area contributed by atoms with Crippen molar-refractivity contribution in [1.29, 1.82) is 0 Å². The molecule has 2 aromatic rings. The highest BCUT2D eigenvalue weighted by molar-refractivity contribution is 5.75. The monoisotopic (exact) mass is 345 g/mol. The van der Waals surface area contributed by atoms with Crippen LogP contribution in [0.1, 0.15) is 23.0 Å². The van der Waals surface area contributed by atoms with Gasteiger partial charge in [-0.1, -0.05) is 30.3 Å². The van der Waals surface area contributed by atoms with E-state index >= 15 is 0 Å². The lowest BCUT2D eigenvalue weighted by Gasteiger charge is -2.25. The molecule has 1 atom stereocenters. The lowest BCUT2D eigenvalue weighted by atomic mass is 10.1. The molecule has 0 aliphatic carbocycles. The number of nitrogens with one attached hydrogen (secondary N) is 1. The number of aromatic nitrogens is 2. The number of nitrogens with zero attached hydrogens (tertiary/aromatic N) is 4. The molecule has 8 nitrogen and oxygen atoms in total. The summed E-state index contributed by atoms with van der Waals surface area (Å²) in [5.74, 6) is -0.233. The minimum absolute atomic E-state index is 0.0387. The molecule has 0 saturated heterocycles. The van der Waals surface area contributed by atoms with Crippen LogP contribution in [0.3, 0.4) is 0 Å². The van der Waals surface area contributed by atoms with Crippen LogP contribution < -0.4 is 5.32 Å². The Bertz CT molecular complexity index is 755. The second-order valence-electron chi connectivity index (χ2n) is 6.13. The number of amides is 1. The first-order valence-electron chi connectivity index (χ1n) is 7.97. The van der Waals surface area contributed by atoms with Crippen molar-refractivity contribution in [3.05, 3.63) is 57.4 Å². The summed E-state index contributed by atoms with van der Waals surface area (Å²) in [5.41, 5.74) is 1.76. The number of benzene rings is 1. The van der Waals surface area contributed by atoms with Crippen LogP contribution in [0.25, 0.3) is 0 Å². The summed E-state index contributed by atoms with van der Waals surface area (Å²) in [7, 11) is 3.91. The molecule has 0 spiro atoms. The van der Waals surface area contributed by atoms with E-state index in [0.717, 1.165) is 5.56 Å². The van der Waals surface area contributed by atoms with Crippen LogP contribution in [0.2, 0.25) is 0 Å². The second-order valence-corrected chi connectivity index (χ2v) is 6.13. The van der Waals surface area contributed by atoms with Crippen molar-refractivity contribution < 1.29 is 9.72 Å². The number of carbonyl (C=O) groups is 1. The fourth-order valence-electron chi connectivity index (χ4n) is 2.78. The molecule has 8 heteroatoms. The Kier molecular flexibility index (Phi) is 5.87. The van der Waals surface area contributed by atoms with Gasteiger partial charge in [-0.3, -0.25) is 19.6 Å². The van der Waals surface area contributed by atoms with Crippen LogP contribution in [-0.2, 0) is 11.3 Å². The third-order valence-corrected chi connectivity index (χ3v) is 4.12. The van der Waals surface area contributed by atoms with Crippen molar-refractivity contribution in [2.45, 2.75) is 26.4 Å². The first-order valence-corrected chi connectivity index (χ1v) is 7.97. The standard InChI is InChI=1S/C17H23N5O3/c1-12-17(22(24)25)13(2)21(19-12)11-16(23)18-10-15(20(3)4)14-8-6-5-7-9-14/h5-9,15H,10-11H2,1-4H3,(H,18,23). The van der Waals surface area contributed by atoms with Gasteiger partial charge in [0.15, 0.2) is 0 Å². The van der Waals surface area contributed by atoms with E-state index in [-0.39, 0.29) is 24.2 Å². The van der Waals surface area contributed by atoms with Crippen molar-refractivity contribution in [3.63, 3.8) is 0 Å². The molecule has 1 N–H and O–H groups in total. The molecule has 1 unspecified atom stereocenters. The average Bonchev–Trinajstić information content (AvgIpc) is 2.82. The Hall–Kier alpha value is -2.74. The summed E-state index contributed by atoms with van der Waals surface area (Å²) in [5, 5.41) is 18.0. The summed E-state index contributed by atoms with van der Waals surface area (Å²) in [6.07, 6.45) is 0. The molecule has 1 aromatic heterocycles. The Labute approximate surface area is 146 Å². The van der Waals surface area contributed by atoms with Crippen molar-refractivity contribution in [1.82, 2.24) is 20.0 Å². The van der Waals surface area contributed by atoms with Gasteiger partial charge < -0.3 is 10.2 Å². The van der Waals surface area contributed by atoms with Gasteiger partial charge in [-0.15, -0.1) is 0 Å². The van der Waals surface area contributed by atoms with Gasteiger partial charge >= 0.3 is 5.69 Å². The number of hydrogen-bond acceptors (Lipinski definition) is 5. The summed E-state index contributed by atoms with van der Waals surface area (Å²) in [6.45, 7) is 3.56. The van der Waals surface area contributed by atoms with Crippen molar-refractivity contribution in [2.75, 3.05) is 20.6 Å². The molecule has 2 rings (SSSR count). The smallest absolute Gasteiger partial charge is 0.312 e. The third kappa shape index (κ3) is 4.42. The first kappa shape index (κ1) is 18.6. The Morgan fingerprint density at radius 3 is 2.48 bits per heavy atom. The fraction of sp³-hybridized carbons (Fsp3) is 0.412. The van der Waals surface area contributed by atoms with E-state index in [1.54, 1.807) is 13.8 Å². The van der Waals surface area contributed by atoms with E-state index in [4.69, 9.17) is 0 Å². The van der Waals surface area contributed by atoms with Gasteiger partial charge in [0.1, 0.15) is 17.9 Å². The van der Waals surface area contributed by atoms with Gasteiger partial charge in [-0.2, -0.15) is 5.10 Å². The predicted molar refractivity (Wildman–Crippen MR) is 94.2 cm³/mol. The quantitative estimate of drug-likeness (QED) is 0.610. The Morgan fingerprint density at radius 2 is 1.96 bits per heavy atom. The largest absolute Gasteiger partial charge is 0.353 e. The molecule has 0 fully saturated rings. The van der Waals surface area contributed by atoms with Crippen molar-refractivity contribution >= 4 is 11.6 Å². The molecule has 0 aliphatic rings. The summed E-state index contributed by atoms with van der Waals surface area (Å²) < 4.78 is 1.37. The summed E-state index contributed by atoms with van der Waals surface area (Å²) in [4.78, 5) is 24.9. The Morgan fingerprint density at radius 1 is 1.32 bits per heavy atom. The zero-order valence-electron chi connectivity index (χ0n) is 14.9. The van der Waals surface area contributed by atoms with Gasteiger partial charge in [0.2, 0.25) is 5.91 Å². The number of carbonyl (C=O) groups excluding carboxylic acids is 1. The lowest BCUT2D eigenvalue weighted by Crippen LogP contribution is -2.36. The zero-order chi connectivity index (χ0) is 18.6. The maximum atomic E-state index is 12.3. The fourth-order valence-corrected chi connectivity index (χ4v) is 2.78. The number of nitro groups is 1. The van der Waals surface area contributed by atoms with Gasteiger partial charge in [-0.25, -0.2) is 0 Å². The SMILES string of the molecule is Cc1nn(CC(=O)NCC(c2ccccc2)N(C)C)c(C)c1[N+](=O)[O-]. The summed E-state index contributed by atoms with van der Waals surface area (Å²) >= 11 is 0. The normalized spacial score (nSPS) is 12.2. The highest BCUT2D eigenvalue weighted by atomic mass is 16.6. The van der Waals surface area contributed by atoms with Crippen LogP contribution in [0, 0.1) is 24.0 Å². The number of aryl methyl sites for hydroxylation is 1. The number of likely N-dealkylation sites (N-methyl/N-ethyl adjacent to an activating group) is 1. The molecular formula is C17H23N5O3. The average molecular weight is 345 g/mol. The maximum absolute atomic E-state index is 12.3. The molecule has 1 heterocycles. The minimum Gasteiger partial charge on any atom is -0.353 e. The zero-order valence-corrected chi connectivity index (χ0v) is 14.9. The number of rotatable bonds is 7. The molecule has 1 aromatic carbocycles. The molecule has 1 amide bonds. The molecule has 0 radical (unpaired) electrons. The van der Waals surface area contributed by atoms with Gasteiger partial charge in [0, 0.05) is 6.54 Å².